The van der Waals surface area contributed by atoms with Gasteiger partial charge in [0.2, 0.25) is 0 Å². The zero-order chi connectivity index (χ0) is 19.7. The lowest BCUT2D eigenvalue weighted by atomic mass is 10.0. The number of carbonyl (C=O) groups is 2. The van der Waals surface area contributed by atoms with E-state index in [-0.39, 0.29) is 11.8 Å². The zero-order valence-electron chi connectivity index (χ0n) is 14.6. The molecule has 1 unspecified atom stereocenters. The number of carbonyl (C=O) groups excluding carboxylic acids is 2. The lowest BCUT2D eigenvalue weighted by Crippen LogP contribution is -2.23. The highest BCUT2D eigenvalue weighted by molar-refractivity contribution is 6.30. The van der Waals surface area contributed by atoms with Crippen molar-refractivity contribution in [3.8, 4) is 0 Å². The molecule has 2 aromatic carbocycles. The van der Waals surface area contributed by atoms with Crippen molar-refractivity contribution in [2.75, 3.05) is 0 Å². The minimum atomic E-state index is -0.972. The first-order chi connectivity index (χ1) is 13.6. The van der Waals surface area contributed by atoms with Crippen LogP contribution in [0.1, 0.15) is 43.6 Å². The molecular formula is C22H15ClN2O3. The van der Waals surface area contributed by atoms with Gasteiger partial charge in [0, 0.05) is 23.0 Å². The van der Waals surface area contributed by atoms with Crippen LogP contribution >= 0.6 is 11.6 Å². The molecule has 0 fully saturated rings. The van der Waals surface area contributed by atoms with Gasteiger partial charge in [-0.15, -0.1) is 0 Å². The minimum absolute atomic E-state index is 0.374. The van der Waals surface area contributed by atoms with Gasteiger partial charge in [0.05, 0.1) is 16.8 Å². The Hall–Kier alpha value is -3.28. The molecule has 2 amide bonds. The van der Waals surface area contributed by atoms with Crippen molar-refractivity contribution < 1.29 is 14.7 Å². The van der Waals surface area contributed by atoms with Crippen LogP contribution in [-0.2, 0) is 0 Å². The van der Waals surface area contributed by atoms with Crippen LogP contribution in [0.4, 0.5) is 0 Å². The molecule has 138 valence electrons. The number of nitrogens with zero attached hydrogens (tertiary/aromatic N) is 2. The van der Waals surface area contributed by atoms with E-state index in [9.17, 15) is 14.7 Å². The number of aliphatic hydroxyl groups is 1. The maximum Gasteiger partial charge on any atom is 0.265 e. The Morgan fingerprint density at radius 3 is 2.21 bits per heavy atom. The molecular weight excluding hydrogens is 376 g/mol. The molecule has 1 N–H and O–H groups in total. The van der Waals surface area contributed by atoms with Gasteiger partial charge in [0.1, 0.15) is 6.10 Å². The number of amides is 2. The van der Waals surface area contributed by atoms with Gasteiger partial charge >= 0.3 is 0 Å². The quantitative estimate of drug-likeness (QED) is 0.681. The number of pyridine rings is 1. The maximum atomic E-state index is 12.5. The minimum Gasteiger partial charge on any atom is -0.382 e. The summed E-state index contributed by atoms with van der Waals surface area (Å²) in [4.78, 5) is 30.3. The van der Waals surface area contributed by atoms with Crippen molar-refractivity contribution in [2.45, 2.75) is 6.10 Å². The molecule has 5 nitrogen and oxygen atoms in total. The molecule has 0 bridgehead atoms. The molecule has 0 aliphatic carbocycles. The molecule has 1 aliphatic rings. The molecule has 28 heavy (non-hydrogen) atoms. The Morgan fingerprint density at radius 1 is 0.929 bits per heavy atom. The molecule has 1 aromatic heterocycles. The number of halogens is 1. The molecule has 1 aliphatic heterocycles. The third kappa shape index (κ3) is 3.22. The van der Waals surface area contributed by atoms with Gasteiger partial charge in [-0.3, -0.25) is 14.6 Å². The Morgan fingerprint density at radius 2 is 1.57 bits per heavy atom. The highest BCUT2D eigenvalue weighted by Gasteiger charge is 2.33. The van der Waals surface area contributed by atoms with E-state index in [4.69, 9.17) is 11.6 Å². The lowest BCUT2D eigenvalue weighted by Gasteiger charge is -2.14. The Balaban J connectivity index is 1.64. The summed E-state index contributed by atoms with van der Waals surface area (Å²) < 4.78 is 0. The van der Waals surface area contributed by atoms with E-state index in [1.165, 1.54) is 6.20 Å². The van der Waals surface area contributed by atoms with Crippen LogP contribution in [-0.4, -0.2) is 26.8 Å². The summed E-state index contributed by atoms with van der Waals surface area (Å²) in [5, 5.41) is 11.3. The largest absolute Gasteiger partial charge is 0.382 e. The fraction of sp³-hybridized carbons (Fsp3) is 0.0455. The molecule has 6 heteroatoms. The van der Waals surface area contributed by atoms with Crippen LogP contribution in [0.25, 0.3) is 6.08 Å². The summed E-state index contributed by atoms with van der Waals surface area (Å²) in [6.07, 6.45) is 3.62. The van der Waals surface area contributed by atoms with E-state index >= 15 is 0 Å². The van der Waals surface area contributed by atoms with E-state index in [0.717, 1.165) is 4.90 Å². The van der Waals surface area contributed by atoms with Gasteiger partial charge in [-0.05, 0) is 42.0 Å². The molecule has 4 rings (SSSR count). The predicted molar refractivity (Wildman–Crippen MR) is 106 cm³/mol. The van der Waals surface area contributed by atoms with Gasteiger partial charge in [-0.1, -0.05) is 41.9 Å². The van der Waals surface area contributed by atoms with Crippen molar-refractivity contribution in [3.63, 3.8) is 0 Å². The van der Waals surface area contributed by atoms with Crippen molar-refractivity contribution in [3.05, 3.63) is 106 Å². The fourth-order valence-corrected chi connectivity index (χ4v) is 3.23. The van der Waals surface area contributed by atoms with Crippen LogP contribution < -0.4 is 0 Å². The Labute approximate surface area is 166 Å². The molecule has 0 spiro atoms. The average molecular weight is 391 g/mol. The van der Waals surface area contributed by atoms with Gasteiger partial charge in [0.25, 0.3) is 11.8 Å². The summed E-state index contributed by atoms with van der Waals surface area (Å²) in [6.45, 7) is 0. The third-order valence-corrected chi connectivity index (χ3v) is 4.80. The second-order valence-electron chi connectivity index (χ2n) is 6.27. The molecule has 3 aromatic rings. The normalized spacial score (nSPS) is 14.6. The number of rotatable bonds is 4. The predicted octanol–water partition coefficient (Wildman–Crippen LogP) is 4.08. The Kier molecular flexibility index (Phi) is 4.77. The molecule has 1 atom stereocenters. The second kappa shape index (κ2) is 7.38. The van der Waals surface area contributed by atoms with Crippen LogP contribution in [0.5, 0.6) is 0 Å². The van der Waals surface area contributed by atoms with E-state index in [1.807, 2.05) is 0 Å². The molecule has 0 radical (unpaired) electrons. The van der Waals surface area contributed by atoms with Crippen LogP contribution in [0.15, 0.2) is 73.1 Å². The van der Waals surface area contributed by atoms with Crippen LogP contribution in [0.3, 0.4) is 0 Å². The SMILES string of the molecule is O=C1c2ccccc2C(=O)N1C=Cc1cccnc1C(O)c1ccc(Cl)cc1. The monoisotopic (exact) mass is 390 g/mol. The van der Waals surface area contributed by atoms with Gasteiger partial charge < -0.3 is 5.11 Å². The number of aromatic nitrogens is 1. The van der Waals surface area contributed by atoms with E-state index in [1.54, 1.807) is 72.9 Å². The smallest absolute Gasteiger partial charge is 0.265 e. The highest BCUT2D eigenvalue weighted by Crippen LogP contribution is 2.27. The lowest BCUT2D eigenvalue weighted by molar-refractivity contribution is 0.0722. The number of hydrogen-bond donors (Lipinski definition) is 1. The topological polar surface area (TPSA) is 70.5 Å². The summed E-state index contributed by atoms with van der Waals surface area (Å²) in [6, 6.07) is 17.0. The van der Waals surface area contributed by atoms with Crippen LogP contribution in [0.2, 0.25) is 5.02 Å². The van der Waals surface area contributed by atoms with E-state index in [0.29, 0.717) is 33.0 Å². The average Bonchev–Trinajstić information content (AvgIpc) is 2.97. The number of aliphatic hydroxyl groups excluding tert-OH is 1. The fourth-order valence-electron chi connectivity index (χ4n) is 3.10. The van der Waals surface area contributed by atoms with E-state index in [2.05, 4.69) is 4.98 Å². The van der Waals surface area contributed by atoms with Crippen molar-refractivity contribution in [1.82, 2.24) is 9.88 Å². The highest BCUT2D eigenvalue weighted by atomic mass is 35.5. The molecule has 2 heterocycles. The van der Waals surface area contributed by atoms with Crippen molar-refractivity contribution in [2.24, 2.45) is 0 Å². The third-order valence-electron chi connectivity index (χ3n) is 4.54. The van der Waals surface area contributed by atoms with Crippen molar-refractivity contribution >= 4 is 29.5 Å². The number of imide groups is 1. The first-order valence-electron chi connectivity index (χ1n) is 8.60. The zero-order valence-corrected chi connectivity index (χ0v) is 15.4. The van der Waals surface area contributed by atoms with Gasteiger partial charge in [-0.25, -0.2) is 4.90 Å². The van der Waals surface area contributed by atoms with Gasteiger partial charge in [-0.2, -0.15) is 0 Å². The molecule has 0 saturated heterocycles. The number of fused-ring (bicyclic) bond motifs is 1. The standard InChI is InChI=1S/C22H15ClN2O3/c23-16-9-7-15(8-10-16)20(26)19-14(4-3-12-24-19)11-13-25-21(27)17-5-1-2-6-18(17)22(25)28/h1-13,20,26H. The summed E-state index contributed by atoms with van der Waals surface area (Å²) in [5.41, 5.74) is 2.41. The first kappa shape index (κ1) is 18.1. The summed E-state index contributed by atoms with van der Waals surface area (Å²) in [7, 11) is 0. The summed E-state index contributed by atoms with van der Waals surface area (Å²) in [5.74, 6) is -0.749. The summed E-state index contributed by atoms with van der Waals surface area (Å²) >= 11 is 5.90. The first-order valence-corrected chi connectivity index (χ1v) is 8.97. The van der Waals surface area contributed by atoms with Gasteiger partial charge in [0.15, 0.2) is 0 Å². The Bertz CT molecular complexity index is 1060. The van der Waals surface area contributed by atoms with E-state index < -0.39 is 6.10 Å². The van der Waals surface area contributed by atoms with Crippen LogP contribution in [0, 0.1) is 0 Å². The number of benzene rings is 2. The molecule has 0 saturated carbocycles. The number of hydrogen-bond acceptors (Lipinski definition) is 4. The maximum absolute atomic E-state index is 12.5. The second-order valence-corrected chi connectivity index (χ2v) is 6.71. The van der Waals surface area contributed by atoms with Crippen molar-refractivity contribution in [1.29, 1.82) is 0 Å².